The summed E-state index contributed by atoms with van der Waals surface area (Å²) in [6.45, 7) is 4.74. The maximum absolute atomic E-state index is 12.8. The zero-order chi connectivity index (χ0) is 21.4. The summed E-state index contributed by atoms with van der Waals surface area (Å²) in [6, 6.07) is 4.49. The second kappa shape index (κ2) is 10.6. The molecule has 0 aliphatic rings. The van der Waals surface area contributed by atoms with Crippen molar-refractivity contribution in [3.05, 3.63) is 35.7 Å². The van der Waals surface area contributed by atoms with Crippen molar-refractivity contribution in [2.45, 2.75) is 37.9 Å². The minimum absolute atomic E-state index is 0.0252. The highest BCUT2D eigenvalue weighted by molar-refractivity contribution is 7.99. The predicted molar refractivity (Wildman–Crippen MR) is 103 cm³/mol. The SMILES string of the molecule is CCOC(Cc1nnc(SCC(=O)Nc2cccc(C(F)(F)F)c2)n1C)OCC. The van der Waals surface area contributed by atoms with E-state index >= 15 is 0 Å². The molecule has 160 valence electrons. The molecule has 2 rings (SSSR count). The molecule has 0 fully saturated rings. The van der Waals surface area contributed by atoms with Gasteiger partial charge < -0.3 is 19.4 Å². The number of nitrogens with zero attached hydrogens (tertiary/aromatic N) is 3. The first-order chi connectivity index (χ1) is 13.7. The second-order valence-electron chi connectivity index (χ2n) is 5.92. The topological polar surface area (TPSA) is 78.3 Å². The summed E-state index contributed by atoms with van der Waals surface area (Å²) >= 11 is 1.13. The third-order valence-corrected chi connectivity index (χ3v) is 4.81. The average Bonchev–Trinajstić information content (AvgIpc) is 3.00. The fourth-order valence-corrected chi connectivity index (χ4v) is 3.17. The van der Waals surface area contributed by atoms with E-state index in [1.807, 2.05) is 13.8 Å². The van der Waals surface area contributed by atoms with Crippen molar-refractivity contribution >= 4 is 23.4 Å². The van der Waals surface area contributed by atoms with Gasteiger partial charge in [0.15, 0.2) is 11.4 Å². The van der Waals surface area contributed by atoms with Crippen LogP contribution >= 0.6 is 11.8 Å². The molecule has 11 heteroatoms. The molecule has 1 aromatic carbocycles. The van der Waals surface area contributed by atoms with Gasteiger partial charge in [-0.25, -0.2) is 0 Å². The number of hydrogen-bond acceptors (Lipinski definition) is 6. The van der Waals surface area contributed by atoms with Crippen LogP contribution in [0.15, 0.2) is 29.4 Å². The first kappa shape index (κ1) is 23.2. The van der Waals surface area contributed by atoms with Crippen LogP contribution in [0.3, 0.4) is 0 Å². The number of benzene rings is 1. The van der Waals surface area contributed by atoms with Crippen LogP contribution in [0.2, 0.25) is 0 Å². The lowest BCUT2D eigenvalue weighted by molar-refractivity contribution is -0.137. The number of carbonyl (C=O) groups is 1. The average molecular weight is 432 g/mol. The van der Waals surface area contributed by atoms with Crippen LogP contribution in [0.5, 0.6) is 0 Å². The first-order valence-corrected chi connectivity index (χ1v) is 9.94. The van der Waals surface area contributed by atoms with Crippen LogP contribution in [0, 0.1) is 0 Å². The minimum Gasteiger partial charge on any atom is -0.352 e. The number of aromatic nitrogens is 3. The summed E-state index contributed by atoms with van der Waals surface area (Å²) in [6.07, 6.45) is -4.50. The lowest BCUT2D eigenvalue weighted by Gasteiger charge is -2.16. The predicted octanol–water partition coefficient (Wildman–Crippen LogP) is 3.51. The Morgan fingerprint density at radius 2 is 1.93 bits per heavy atom. The molecule has 0 aliphatic carbocycles. The van der Waals surface area contributed by atoms with Crippen molar-refractivity contribution < 1.29 is 27.4 Å². The fourth-order valence-electron chi connectivity index (χ4n) is 2.44. The lowest BCUT2D eigenvalue weighted by Crippen LogP contribution is -2.22. The highest BCUT2D eigenvalue weighted by Gasteiger charge is 2.30. The van der Waals surface area contributed by atoms with Crippen LogP contribution in [0.25, 0.3) is 0 Å². The highest BCUT2D eigenvalue weighted by Crippen LogP contribution is 2.30. The van der Waals surface area contributed by atoms with Crippen LogP contribution in [-0.4, -0.2) is 45.9 Å². The highest BCUT2D eigenvalue weighted by atomic mass is 32.2. The maximum atomic E-state index is 12.8. The van der Waals surface area contributed by atoms with Gasteiger partial charge in [-0.3, -0.25) is 4.79 Å². The van der Waals surface area contributed by atoms with E-state index in [0.717, 1.165) is 23.9 Å². The molecule has 0 unspecified atom stereocenters. The Hall–Kier alpha value is -2.11. The molecular weight excluding hydrogens is 409 g/mol. The van der Waals surface area contributed by atoms with Crippen molar-refractivity contribution in [1.29, 1.82) is 0 Å². The minimum atomic E-state index is -4.47. The molecule has 1 heterocycles. The van der Waals surface area contributed by atoms with Gasteiger partial charge in [-0.2, -0.15) is 13.2 Å². The van der Waals surface area contributed by atoms with E-state index in [9.17, 15) is 18.0 Å². The van der Waals surface area contributed by atoms with Crippen LogP contribution in [-0.2, 0) is 33.9 Å². The van der Waals surface area contributed by atoms with Gasteiger partial charge in [-0.05, 0) is 32.0 Å². The number of halogens is 3. The van der Waals surface area contributed by atoms with Gasteiger partial charge in [0.1, 0.15) is 5.82 Å². The summed E-state index contributed by atoms with van der Waals surface area (Å²) in [5.74, 6) is 0.167. The zero-order valence-electron chi connectivity index (χ0n) is 16.3. The fraction of sp³-hybridized carbons (Fsp3) is 0.500. The van der Waals surface area contributed by atoms with E-state index in [-0.39, 0.29) is 11.4 Å². The molecule has 0 saturated heterocycles. The Bertz CT molecular complexity index is 808. The molecule has 0 radical (unpaired) electrons. The number of carbonyl (C=O) groups excluding carboxylic acids is 1. The van der Waals surface area contributed by atoms with Crippen molar-refractivity contribution in [2.24, 2.45) is 7.05 Å². The van der Waals surface area contributed by atoms with Crippen molar-refractivity contribution in [2.75, 3.05) is 24.3 Å². The van der Waals surface area contributed by atoms with E-state index in [0.29, 0.717) is 30.6 Å². The molecule has 1 amide bonds. The molecule has 0 bridgehead atoms. The third kappa shape index (κ3) is 7.02. The number of nitrogens with one attached hydrogen (secondary N) is 1. The molecule has 0 aliphatic heterocycles. The number of anilines is 1. The summed E-state index contributed by atoms with van der Waals surface area (Å²) < 4.78 is 51.0. The number of amides is 1. The summed E-state index contributed by atoms with van der Waals surface area (Å²) in [5, 5.41) is 11.1. The first-order valence-electron chi connectivity index (χ1n) is 8.96. The number of alkyl halides is 3. The van der Waals surface area contributed by atoms with E-state index < -0.39 is 23.9 Å². The third-order valence-electron chi connectivity index (χ3n) is 3.79. The summed E-state index contributed by atoms with van der Waals surface area (Å²) in [4.78, 5) is 12.1. The van der Waals surface area contributed by atoms with Gasteiger partial charge >= 0.3 is 6.18 Å². The van der Waals surface area contributed by atoms with E-state index in [2.05, 4.69) is 15.5 Å². The number of hydrogen-bond donors (Lipinski definition) is 1. The Balaban J connectivity index is 1.93. The van der Waals surface area contributed by atoms with Gasteiger partial charge in [0.25, 0.3) is 0 Å². The number of rotatable bonds is 10. The monoisotopic (exact) mass is 432 g/mol. The molecule has 29 heavy (non-hydrogen) atoms. The summed E-state index contributed by atoms with van der Waals surface area (Å²) in [7, 11) is 1.76. The molecule has 7 nitrogen and oxygen atoms in total. The van der Waals surface area contributed by atoms with Crippen molar-refractivity contribution in [3.8, 4) is 0 Å². The molecule has 2 aromatic rings. The molecule has 0 spiro atoms. The summed E-state index contributed by atoms with van der Waals surface area (Å²) in [5.41, 5.74) is -0.737. The zero-order valence-corrected chi connectivity index (χ0v) is 17.1. The normalized spacial score (nSPS) is 11.8. The van der Waals surface area contributed by atoms with Gasteiger partial charge in [0, 0.05) is 25.9 Å². The van der Waals surface area contributed by atoms with Crippen molar-refractivity contribution in [1.82, 2.24) is 14.8 Å². The molecule has 0 saturated carbocycles. The standard InChI is InChI=1S/C18H23F3N4O3S/c1-4-27-16(28-5-2)10-14-23-24-17(25(14)3)29-11-15(26)22-13-8-6-7-12(9-13)18(19,20)21/h6-9,16H,4-5,10-11H2,1-3H3,(H,22,26). The van der Waals surface area contributed by atoms with Gasteiger partial charge in [-0.15, -0.1) is 10.2 Å². The molecule has 1 aromatic heterocycles. The Kier molecular flexibility index (Phi) is 8.47. The largest absolute Gasteiger partial charge is 0.416 e. The van der Waals surface area contributed by atoms with Crippen molar-refractivity contribution in [3.63, 3.8) is 0 Å². The van der Waals surface area contributed by atoms with Crippen LogP contribution in [0.1, 0.15) is 25.2 Å². The Morgan fingerprint density at radius 3 is 2.55 bits per heavy atom. The lowest BCUT2D eigenvalue weighted by atomic mass is 10.2. The van der Waals surface area contributed by atoms with E-state index in [1.165, 1.54) is 12.1 Å². The Labute approximate surface area is 171 Å². The second-order valence-corrected chi connectivity index (χ2v) is 6.86. The van der Waals surface area contributed by atoms with E-state index in [4.69, 9.17) is 9.47 Å². The van der Waals surface area contributed by atoms with Crippen LogP contribution < -0.4 is 5.32 Å². The number of ether oxygens (including phenoxy) is 2. The quantitative estimate of drug-likeness (QED) is 0.457. The molecule has 1 N–H and O–H groups in total. The van der Waals surface area contributed by atoms with Gasteiger partial charge in [-0.1, -0.05) is 17.8 Å². The Morgan fingerprint density at radius 1 is 1.24 bits per heavy atom. The van der Waals surface area contributed by atoms with Gasteiger partial charge in [0.2, 0.25) is 5.91 Å². The van der Waals surface area contributed by atoms with Crippen LogP contribution in [0.4, 0.5) is 18.9 Å². The molecular formula is C18H23F3N4O3S. The molecule has 0 atom stereocenters. The van der Waals surface area contributed by atoms with E-state index in [1.54, 1.807) is 11.6 Å². The maximum Gasteiger partial charge on any atom is 0.416 e. The van der Waals surface area contributed by atoms with Gasteiger partial charge in [0.05, 0.1) is 17.7 Å². The smallest absolute Gasteiger partial charge is 0.352 e. The number of thioether (sulfide) groups is 1.